The van der Waals surface area contributed by atoms with Gasteiger partial charge in [-0.1, -0.05) is 0 Å². The van der Waals surface area contributed by atoms with Crippen molar-refractivity contribution in [3.8, 4) is 0 Å². The van der Waals surface area contributed by atoms with Crippen molar-refractivity contribution >= 4 is 48.9 Å². The van der Waals surface area contributed by atoms with E-state index in [0.29, 0.717) is 0 Å². The Morgan fingerprint density at radius 2 is 1.24 bits per heavy atom. The maximum Gasteiger partial charge on any atom is 0.244 e. The highest BCUT2D eigenvalue weighted by molar-refractivity contribution is 7.82. The molecular formula is C18H34N4O5S2. The van der Waals surface area contributed by atoms with E-state index in [4.69, 9.17) is 10.8 Å². The molecule has 11 heteroatoms. The van der Waals surface area contributed by atoms with Crippen LogP contribution in [0.5, 0.6) is 0 Å². The fourth-order valence-electron chi connectivity index (χ4n) is 2.26. The van der Waals surface area contributed by atoms with Crippen LogP contribution in [0.25, 0.3) is 0 Å². The predicted octanol–water partition coefficient (Wildman–Crippen LogP) is -0.619. The number of aliphatic hydroxyl groups is 1. The van der Waals surface area contributed by atoms with E-state index >= 15 is 0 Å². The minimum atomic E-state index is -1.63. The Bertz CT molecular complexity index is 641. The van der Waals surface area contributed by atoms with E-state index in [0.717, 1.165) is 0 Å². The number of nitrogens with one attached hydrogen (secondary N) is 3. The smallest absolute Gasteiger partial charge is 0.244 e. The van der Waals surface area contributed by atoms with Gasteiger partial charge in [0.25, 0.3) is 0 Å². The van der Waals surface area contributed by atoms with Crippen LogP contribution in [-0.2, 0) is 19.2 Å². The van der Waals surface area contributed by atoms with Crippen molar-refractivity contribution in [2.75, 3.05) is 6.61 Å². The van der Waals surface area contributed by atoms with Crippen LogP contribution in [0.4, 0.5) is 0 Å². The number of amides is 4. The third kappa shape index (κ3) is 8.06. The number of aliphatic hydroxyl groups excluding tert-OH is 1. The molecule has 0 rings (SSSR count). The van der Waals surface area contributed by atoms with Crippen molar-refractivity contribution in [1.29, 1.82) is 0 Å². The number of hydrogen-bond acceptors (Lipinski definition) is 7. The summed E-state index contributed by atoms with van der Waals surface area (Å²) in [5.74, 6) is -2.83. The maximum absolute atomic E-state index is 12.9. The van der Waals surface area contributed by atoms with Crippen molar-refractivity contribution in [3.63, 3.8) is 0 Å². The Morgan fingerprint density at radius 1 is 0.862 bits per heavy atom. The Kier molecular flexibility index (Phi) is 9.53. The van der Waals surface area contributed by atoms with Crippen LogP contribution < -0.4 is 21.7 Å². The zero-order valence-electron chi connectivity index (χ0n) is 18.0. The molecule has 0 aliphatic rings. The zero-order chi connectivity index (χ0) is 23.4. The number of primary amides is 1. The second kappa shape index (κ2) is 10.0. The van der Waals surface area contributed by atoms with Crippen molar-refractivity contribution in [1.82, 2.24) is 16.0 Å². The van der Waals surface area contributed by atoms with Crippen LogP contribution in [-0.4, -0.2) is 63.0 Å². The summed E-state index contributed by atoms with van der Waals surface area (Å²) in [5, 5.41) is 16.7. The highest BCUT2D eigenvalue weighted by Gasteiger charge is 2.44. The zero-order valence-corrected chi connectivity index (χ0v) is 19.8. The average Bonchev–Trinajstić information content (AvgIpc) is 2.53. The van der Waals surface area contributed by atoms with Crippen LogP contribution in [0.3, 0.4) is 0 Å². The van der Waals surface area contributed by atoms with E-state index in [1.54, 1.807) is 34.6 Å². The van der Waals surface area contributed by atoms with E-state index in [1.165, 1.54) is 13.8 Å². The molecule has 0 aromatic rings. The minimum absolute atomic E-state index is 0.276. The SMILES string of the molecule is CC(CO)NC(=O)C(NC(=O)C(C)(C)C(=O)NC(C(N)=O)C(C)(C)S)C(C)(C)S. The first-order chi connectivity index (χ1) is 12.9. The van der Waals surface area contributed by atoms with E-state index in [1.807, 2.05) is 0 Å². The summed E-state index contributed by atoms with van der Waals surface area (Å²) >= 11 is 8.65. The fourth-order valence-corrected chi connectivity index (χ4v) is 2.63. The Balaban J connectivity index is 5.55. The van der Waals surface area contributed by atoms with E-state index in [-0.39, 0.29) is 6.61 Å². The third-order valence-electron chi connectivity index (χ3n) is 4.31. The highest BCUT2D eigenvalue weighted by atomic mass is 32.1. The average molecular weight is 451 g/mol. The molecule has 9 nitrogen and oxygen atoms in total. The molecule has 0 aromatic carbocycles. The van der Waals surface area contributed by atoms with Gasteiger partial charge in [-0.15, -0.1) is 0 Å². The van der Waals surface area contributed by atoms with Gasteiger partial charge in [-0.3, -0.25) is 19.2 Å². The Labute approximate surface area is 183 Å². The van der Waals surface area contributed by atoms with Gasteiger partial charge < -0.3 is 26.8 Å². The lowest BCUT2D eigenvalue weighted by Gasteiger charge is -2.34. The van der Waals surface area contributed by atoms with Crippen molar-refractivity contribution < 1.29 is 24.3 Å². The van der Waals surface area contributed by atoms with Crippen LogP contribution in [0.1, 0.15) is 48.5 Å². The van der Waals surface area contributed by atoms with Crippen LogP contribution in [0, 0.1) is 5.41 Å². The second-order valence-corrected chi connectivity index (χ2v) is 11.0. The molecule has 29 heavy (non-hydrogen) atoms. The molecule has 0 saturated carbocycles. The van der Waals surface area contributed by atoms with Crippen LogP contribution in [0.2, 0.25) is 0 Å². The molecule has 0 aliphatic carbocycles. The molecule has 3 atom stereocenters. The van der Waals surface area contributed by atoms with E-state index < -0.39 is 56.7 Å². The van der Waals surface area contributed by atoms with Gasteiger partial charge in [0.2, 0.25) is 23.6 Å². The summed E-state index contributed by atoms with van der Waals surface area (Å²) in [6.07, 6.45) is 0. The summed E-state index contributed by atoms with van der Waals surface area (Å²) < 4.78 is -1.92. The first-order valence-electron chi connectivity index (χ1n) is 9.12. The predicted molar refractivity (Wildman–Crippen MR) is 118 cm³/mol. The van der Waals surface area contributed by atoms with Gasteiger partial charge in [0.15, 0.2) is 0 Å². The number of nitrogens with two attached hydrogens (primary N) is 1. The van der Waals surface area contributed by atoms with E-state index in [9.17, 15) is 19.2 Å². The van der Waals surface area contributed by atoms with Crippen LogP contribution >= 0.6 is 25.3 Å². The summed E-state index contributed by atoms with van der Waals surface area (Å²) in [5.41, 5.74) is 3.71. The van der Waals surface area contributed by atoms with Gasteiger partial charge in [0.05, 0.1) is 6.61 Å². The third-order valence-corrected chi connectivity index (χ3v) is 4.82. The quantitative estimate of drug-likeness (QED) is 0.175. The van der Waals surface area contributed by atoms with Gasteiger partial charge in [0, 0.05) is 15.5 Å². The lowest BCUT2D eigenvalue weighted by molar-refractivity contribution is -0.145. The van der Waals surface area contributed by atoms with Gasteiger partial charge in [-0.05, 0) is 48.5 Å². The van der Waals surface area contributed by atoms with Crippen molar-refractivity contribution in [2.45, 2.75) is 76.1 Å². The molecule has 4 amide bonds. The monoisotopic (exact) mass is 450 g/mol. The number of hydrogen-bond donors (Lipinski definition) is 7. The van der Waals surface area contributed by atoms with Gasteiger partial charge in [0.1, 0.15) is 17.5 Å². The number of carbonyl (C=O) groups excluding carboxylic acids is 4. The Morgan fingerprint density at radius 3 is 1.55 bits per heavy atom. The van der Waals surface area contributed by atoms with Gasteiger partial charge in [-0.2, -0.15) is 25.3 Å². The molecule has 0 fully saturated rings. The molecular weight excluding hydrogens is 416 g/mol. The number of thiol groups is 2. The molecule has 0 saturated heterocycles. The number of rotatable bonds is 10. The normalized spacial score (nSPS) is 15.7. The van der Waals surface area contributed by atoms with Gasteiger partial charge in [-0.25, -0.2) is 0 Å². The second-order valence-electron chi connectivity index (χ2n) is 8.74. The minimum Gasteiger partial charge on any atom is -0.394 e. The van der Waals surface area contributed by atoms with Crippen LogP contribution in [0.15, 0.2) is 0 Å². The first-order valence-corrected chi connectivity index (χ1v) is 10.0. The molecule has 0 aromatic heterocycles. The lowest BCUT2D eigenvalue weighted by atomic mass is 9.88. The summed E-state index contributed by atoms with van der Waals surface area (Å²) in [6.45, 7) is 10.5. The lowest BCUT2D eigenvalue weighted by Crippen LogP contribution is -2.62. The molecule has 6 N–H and O–H groups in total. The highest BCUT2D eigenvalue weighted by Crippen LogP contribution is 2.23. The topological polar surface area (TPSA) is 151 Å². The molecule has 168 valence electrons. The van der Waals surface area contributed by atoms with Crippen molar-refractivity contribution in [2.24, 2.45) is 11.1 Å². The molecule has 3 unspecified atom stereocenters. The largest absolute Gasteiger partial charge is 0.394 e. The summed E-state index contributed by atoms with van der Waals surface area (Å²) in [6, 6.07) is -2.73. The first kappa shape index (κ1) is 27.5. The maximum atomic E-state index is 12.9. The summed E-state index contributed by atoms with van der Waals surface area (Å²) in [4.78, 5) is 49.8. The fraction of sp³-hybridized carbons (Fsp3) is 0.778. The van der Waals surface area contributed by atoms with E-state index in [2.05, 4.69) is 41.2 Å². The molecule has 0 heterocycles. The summed E-state index contributed by atoms with van der Waals surface area (Å²) in [7, 11) is 0. The molecule has 0 bridgehead atoms. The number of carbonyl (C=O) groups is 4. The molecule has 0 aliphatic heterocycles. The standard InChI is InChI=1S/C18H34N4O5S2/c1-9(8-23)20-13(25)11(18(6,7)29)22-15(27)16(2,3)14(26)21-10(12(19)24)17(4,5)28/h9-11,23,28-29H,8H2,1-7H3,(H2,19,24)(H,20,25)(H,21,26)(H,22,27). The van der Waals surface area contributed by atoms with Gasteiger partial charge >= 0.3 is 0 Å². The Hall–Kier alpha value is -1.46. The molecule has 0 spiro atoms. The molecule has 0 radical (unpaired) electrons. The van der Waals surface area contributed by atoms with Crippen molar-refractivity contribution in [3.05, 3.63) is 0 Å².